The second-order valence-electron chi connectivity index (χ2n) is 7.97. The summed E-state index contributed by atoms with van der Waals surface area (Å²) < 4.78 is 5.39. The molecule has 0 atom stereocenters. The number of carboxylic acid groups (broad SMARTS) is 1. The second kappa shape index (κ2) is 10.4. The van der Waals surface area contributed by atoms with Crippen molar-refractivity contribution in [3.63, 3.8) is 0 Å². The summed E-state index contributed by atoms with van der Waals surface area (Å²) >= 11 is 0. The van der Waals surface area contributed by atoms with Crippen LogP contribution in [0.2, 0.25) is 0 Å². The monoisotopic (exact) mass is 478 g/mol. The number of allylic oxidation sites excluding steroid dienone is 1. The van der Waals surface area contributed by atoms with Gasteiger partial charge in [-0.15, -0.1) is 0 Å². The minimum Gasteiger partial charge on any atom is -0.478 e. The van der Waals surface area contributed by atoms with Crippen molar-refractivity contribution in [3.05, 3.63) is 119 Å². The summed E-state index contributed by atoms with van der Waals surface area (Å²) in [6.45, 7) is 0. The number of nitrogens with two attached hydrogens (primary N) is 2. The van der Waals surface area contributed by atoms with Crippen LogP contribution in [-0.4, -0.2) is 22.8 Å². The Labute approximate surface area is 207 Å². The summed E-state index contributed by atoms with van der Waals surface area (Å²) in [4.78, 5) is 36.6. The smallest absolute Gasteiger partial charge is 0.343 e. The number of ether oxygens (including phenoxy) is 1. The van der Waals surface area contributed by atoms with Gasteiger partial charge in [0.15, 0.2) is 5.78 Å². The molecule has 5 N–H and O–H groups in total. The van der Waals surface area contributed by atoms with E-state index in [0.29, 0.717) is 33.8 Å². The molecule has 7 nitrogen and oxygen atoms in total. The SMILES string of the molecule is Nc1cc(N)cc(C(=O)Oc2ccc(-c3ccc(C=CC(=O)c4ccccc4)c(C(=O)O)c3)cc2)c1. The molecular formula is C29H22N2O5. The number of anilines is 2. The van der Waals surface area contributed by atoms with Gasteiger partial charge in [0.05, 0.1) is 11.1 Å². The average molecular weight is 479 g/mol. The highest BCUT2D eigenvalue weighted by molar-refractivity contribution is 6.07. The van der Waals surface area contributed by atoms with Gasteiger partial charge in [0.25, 0.3) is 0 Å². The van der Waals surface area contributed by atoms with Crippen LogP contribution < -0.4 is 16.2 Å². The van der Waals surface area contributed by atoms with E-state index in [1.54, 1.807) is 66.7 Å². The van der Waals surface area contributed by atoms with Crippen molar-refractivity contribution in [3.8, 4) is 16.9 Å². The molecule has 7 heteroatoms. The van der Waals surface area contributed by atoms with E-state index in [4.69, 9.17) is 16.2 Å². The maximum atomic E-state index is 12.4. The van der Waals surface area contributed by atoms with Crippen molar-refractivity contribution < 1.29 is 24.2 Å². The Morgan fingerprint density at radius 1 is 0.722 bits per heavy atom. The summed E-state index contributed by atoms with van der Waals surface area (Å²) in [5.74, 6) is -1.63. The Kier molecular flexibility index (Phi) is 6.92. The number of carbonyl (C=O) groups excluding carboxylic acids is 2. The van der Waals surface area contributed by atoms with Gasteiger partial charge in [-0.2, -0.15) is 0 Å². The van der Waals surface area contributed by atoms with E-state index < -0.39 is 11.9 Å². The van der Waals surface area contributed by atoms with Gasteiger partial charge < -0.3 is 21.3 Å². The maximum Gasteiger partial charge on any atom is 0.343 e. The number of hydrogen-bond donors (Lipinski definition) is 3. The Bertz CT molecular complexity index is 1460. The quantitative estimate of drug-likeness (QED) is 0.107. The zero-order chi connectivity index (χ0) is 25.7. The summed E-state index contributed by atoms with van der Waals surface area (Å²) in [6.07, 6.45) is 2.85. The van der Waals surface area contributed by atoms with E-state index in [1.807, 2.05) is 6.07 Å². The van der Waals surface area contributed by atoms with E-state index in [9.17, 15) is 19.5 Å². The Balaban J connectivity index is 1.52. The van der Waals surface area contributed by atoms with E-state index >= 15 is 0 Å². The van der Waals surface area contributed by atoms with Gasteiger partial charge in [0.1, 0.15) is 5.75 Å². The third kappa shape index (κ3) is 5.66. The minimum atomic E-state index is -1.12. The largest absolute Gasteiger partial charge is 0.478 e. The minimum absolute atomic E-state index is 0.0550. The van der Waals surface area contributed by atoms with Crippen molar-refractivity contribution in [2.75, 3.05) is 11.5 Å². The van der Waals surface area contributed by atoms with E-state index in [1.165, 1.54) is 30.4 Å². The molecule has 0 saturated carbocycles. The second-order valence-corrected chi connectivity index (χ2v) is 7.97. The fraction of sp³-hybridized carbons (Fsp3) is 0. The molecule has 0 aliphatic rings. The lowest BCUT2D eigenvalue weighted by atomic mass is 9.98. The van der Waals surface area contributed by atoms with E-state index in [-0.39, 0.29) is 16.9 Å². The molecule has 0 fully saturated rings. The first-order chi connectivity index (χ1) is 17.3. The third-order valence-corrected chi connectivity index (χ3v) is 5.37. The zero-order valence-electron chi connectivity index (χ0n) is 19.0. The molecule has 4 rings (SSSR count). The molecule has 0 aromatic heterocycles. The number of benzene rings is 4. The van der Waals surface area contributed by atoms with Crippen LogP contribution in [-0.2, 0) is 0 Å². The van der Waals surface area contributed by atoms with Crippen LogP contribution in [0.1, 0.15) is 36.6 Å². The maximum absolute atomic E-state index is 12.4. The third-order valence-electron chi connectivity index (χ3n) is 5.37. The average Bonchev–Trinajstić information content (AvgIpc) is 2.87. The van der Waals surface area contributed by atoms with Gasteiger partial charge in [-0.25, -0.2) is 9.59 Å². The standard InChI is InChI=1S/C29H22N2O5/c30-23-14-22(15-24(31)17-23)29(35)36-25-11-8-18(9-12-25)21-7-6-19(26(16-21)28(33)34)10-13-27(32)20-4-2-1-3-5-20/h1-17H,30-31H2,(H,33,34). The van der Waals surface area contributed by atoms with Gasteiger partial charge in [-0.05, 0) is 59.2 Å². The first kappa shape index (κ1) is 24.0. The molecule has 0 radical (unpaired) electrons. The fourth-order valence-electron chi connectivity index (χ4n) is 3.61. The number of esters is 1. The number of hydrogen-bond acceptors (Lipinski definition) is 6. The van der Waals surface area contributed by atoms with Gasteiger partial charge in [0.2, 0.25) is 0 Å². The molecule has 0 spiro atoms. The predicted molar refractivity (Wildman–Crippen MR) is 139 cm³/mol. The summed E-state index contributed by atoms with van der Waals surface area (Å²) in [5, 5.41) is 9.72. The highest BCUT2D eigenvalue weighted by Gasteiger charge is 2.13. The topological polar surface area (TPSA) is 133 Å². The Hall–Kier alpha value is -5.17. The molecule has 4 aromatic rings. The van der Waals surface area contributed by atoms with Crippen LogP contribution in [0.5, 0.6) is 5.75 Å². The van der Waals surface area contributed by atoms with E-state index in [2.05, 4.69) is 0 Å². The number of carbonyl (C=O) groups is 3. The molecule has 0 aliphatic carbocycles. The number of rotatable bonds is 7. The van der Waals surface area contributed by atoms with Crippen molar-refractivity contribution in [2.45, 2.75) is 0 Å². The normalized spacial score (nSPS) is 10.8. The highest BCUT2D eigenvalue weighted by Crippen LogP contribution is 2.26. The van der Waals surface area contributed by atoms with E-state index in [0.717, 1.165) is 5.56 Å². The van der Waals surface area contributed by atoms with Crippen LogP contribution in [0.15, 0.2) is 97.1 Å². The zero-order valence-corrected chi connectivity index (χ0v) is 19.0. The lowest BCUT2D eigenvalue weighted by Crippen LogP contribution is -2.09. The molecular weight excluding hydrogens is 456 g/mol. The summed E-state index contributed by atoms with van der Waals surface area (Å²) in [6, 6.07) is 24.8. The number of aromatic carboxylic acids is 1. The highest BCUT2D eigenvalue weighted by atomic mass is 16.5. The van der Waals surface area contributed by atoms with Crippen LogP contribution in [0.4, 0.5) is 11.4 Å². The van der Waals surface area contributed by atoms with Gasteiger partial charge in [-0.3, -0.25) is 4.79 Å². The molecule has 0 aliphatic heterocycles. The molecule has 178 valence electrons. The molecule has 0 amide bonds. The van der Waals surface area contributed by atoms with Crippen LogP contribution >= 0.6 is 0 Å². The first-order valence-corrected chi connectivity index (χ1v) is 10.9. The Morgan fingerprint density at radius 3 is 2.00 bits per heavy atom. The van der Waals surface area contributed by atoms with Crippen LogP contribution in [0, 0.1) is 0 Å². The molecule has 0 saturated heterocycles. The fourth-order valence-corrected chi connectivity index (χ4v) is 3.61. The predicted octanol–water partition coefficient (Wildman–Crippen LogP) is 5.33. The molecule has 36 heavy (non-hydrogen) atoms. The van der Waals surface area contributed by atoms with Crippen molar-refractivity contribution in [2.24, 2.45) is 0 Å². The Morgan fingerprint density at radius 2 is 1.36 bits per heavy atom. The molecule has 0 bridgehead atoms. The number of carboxylic acids is 1. The van der Waals surface area contributed by atoms with Gasteiger partial charge in [-0.1, -0.05) is 60.7 Å². The molecule has 0 unspecified atom stereocenters. The summed E-state index contributed by atoms with van der Waals surface area (Å²) in [7, 11) is 0. The summed E-state index contributed by atoms with van der Waals surface area (Å²) in [5.41, 5.74) is 14.8. The van der Waals surface area contributed by atoms with Gasteiger partial charge >= 0.3 is 11.9 Å². The van der Waals surface area contributed by atoms with Crippen LogP contribution in [0.25, 0.3) is 17.2 Å². The lowest BCUT2D eigenvalue weighted by molar-refractivity contribution is 0.0694. The number of ketones is 1. The van der Waals surface area contributed by atoms with Crippen LogP contribution in [0.3, 0.4) is 0 Å². The van der Waals surface area contributed by atoms with Crippen molar-refractivity contribution in [1.29, 1.82) is 0 Å². The first-order valence-electron chi connectivity index (χ1n) is 10.9. The van der Waals surface area contributed by atoms with Crippen molar-refractivity contribution >= 4 is 35.2 Å². The van der Waals surface area contributed by atoms with Crippen molar-refractivity contribution in [1.82, 2.24) is 0 Å². The van der Waals surface area contributed by atoms with Gasteiger partial charge in [0, 0.05) is 16.9 Å². The molecule has 0 heterocycles. The lowest BCUT2D eigenvalue weighted by Gasteiger charge is -2.09. The number of nitrogen functional groups attached to an aromatic ring is 2. The molecule has 4 aromatic carbocycles.